The Labute approximate surface area is 107 Å². The minimum atomic E-state index is -0.513. The van der Waals surface area contributed by atoms with Crippen molar-refractivity contribution in [3.8, 4) is 0 Å². The van der Waals surface area contributed by atoms with E-state index in [0.717, 1.165) is 10.0 Å². The number of hydrogen-bond acceptors (Lipinski definition) is 3. The quantitative estimate of drug-likeness (QED) is 0.634. The van der Waals surface area contributed by atoms with Crippen LogP contribution < -0.4 is 0 Å². The second-order valence-electron chi connectivity index (χ2n) is 3.20. The first-order chi connectivity index (χ1) is 7.52. The van der Waals surface area contributed by atoms with Crippen LogP contribution in [-0.4, -0.2) is 18.3 Å². The van der Waals surface area contributed by atoms with Crippen LogP contribution in [0.5, 0.6) is 0 Å². The Morgan fingerprint density at radius 3 is 2.62 bits per heavy atom. The van der Waals surface area contributed by atoms with Crippen molar-refractivity contribution < 1.29 is 14.3 Å². The van der Waals surface area contributed by atoms with Crippen LogP contribution in [0.2, 0.25) is 0 Å². The first-order valence-electron chi connectivity index (χ1n) is 4.59. The Hall–Kier alpha value is -0.870. The summed E-state index contributed by atoms with van der Waals surface area (Å²) < 4.78 is 5.30. The number of aryl methyl sites for hydroxylation is 1. The first-order valence-corrected chi connectivity index (χ1v) is 5.76. The Balaban J connectivity index is 2.80. The van der Waals surface area contributed by atoms with Crippen LogP contribution in [0.4, 0.5) is 0 Å². The van der Waals surface area contributed by atoms with Gasteiger partial charge in [-0.05, 0) is 41.8 Å². The van der Waals surface area contributed by atoms with Crippen LogP contribution in [-0.2, 0) is 16.0 Å². The second-order valence-corrected chi connectivity index (χ2v) is 4.46. The van der Waals surface area contributed by atoms with Gasteiger partial charge in [-0.1, -0.05) is 15.9 Å². The van der Waals surface area contributed by atoms with Crippen LogP contribution in [0.3, 0.4) is 0 Å². The Bertz CT molecular complexity index is 418. The SMILES string of the molecule is COC(=O)CCc1cc(Br)cc(C(=O)Cl)c1. The molecule has 0 N–H and O–H groups in total. The van der Waals surface area contributed by atoms with Gasteiger partial charge in [-0.3, -0.25) is 9.59 Å². The van der Waals surface area contributed by atoms with Gasteiger partial charge in [0.05, 0.1) is 7.11 Å². The summed E-state index contributed by atoms with van der Waals surface area (Å²) >= 11 is 8.66. The molecule has 0 unspecified atom stereocenters. The molecule has 16 heavy (non-hydrogen) atoms. The molecule has 0 aliphatic rings. The maximum absolute atomic E-state index is 11.0. The highest BCUT2D eigenvalue weighted by molar-refractivity contribution is 9.10. The van der Waals surface area contributed by atoms with E-state index in [0.29, 0.717) is 12.0 Å². The van der Waals surface area contributed by atoms with Crippen molar-refractivity contribution in [2.24, 2.45) is 0 Å². The standard InChI is InChI=1S/C11H10BrClO3/c1-16-10(14)3-2-7-4-8(11(13)15)6-9(12)5-7/h4-6H,2-3H2,1H3. The third-order valence-corrected chi connectivity index (χ3v) is 2.71. The zero-order valence-electron chi connectivity index (χ0n) is 8.63. The molecule has 0 aliphatic carbocycles. The highest BCUT2D eigenvalue weighted by atomic mass is 79.9. The van der Waals surface area contributed by atoms with Gasteiger partial charge in [-0.25, -0.2) is 0 Å². The van der Waals surface area contributed by atoms with E-state index in [9.17, 15) is 9.59 Å². The fraction of sp³-hybridized carbons (Fsp3) is 0.273. The van der Waals surface area contributed by atoms with E-state index in [1.807, 2.05) is 6.07 Å². The van der Waals surface area contributed by atoms with E-state index in [2.05, 4.69) is 20.7 Å². The number of hydrogen-bond donors (Lipinski definition) is 0. The summed E-state index contributed by atoms with van der Waals surface area (Å²) in [6, 6.07) is 5.15. The van der Waals surface area contributed by atoms with Gasteiger partial charge in [0.2, 0.25) is 0 Å². The molecule has 0 atom stereocenters. The van der Waals surface area contributed by atoms with E-state index >= 15 is 0 Å². The number of benzene rings is 1. The van der Waals surface area contributed by atoms with Gasteiger partial charge in [0.15, 0.2) is 0 Å². The van der Waals surface area contributed by atoms with Crippen molar-refractivity contribution in [2.45, 2.75) is 12.8 Å². The van der Waals surface area contributed by atoms with Gasteiger partial charge in [0, 0.05) is 16.5 Å². The zero-order valence-corrected chi connectivity index (χ0v) is 11.0. The lowest BCUT2D eigenvalue weighted by Gasteiger charge is -2.03. The van der Waals surface area contributed by atoms with Gasteiger partial charge in [-0.15, -0.1) is 0 Å². The van der Waals surface area contributed by atoms with Crippen molar-refractivity contribution in [3.05, 3.63) is 33.8 Å². The van der Waals surface area contributed by atoms with E-state index in [1.165, 1.54) is 7.11 Å². The molecule has 0 bridgehead atoms. The minimum Gasteiger partial charge on any atom is -0.469 e. The van der Waals surface area contributed by atoms with Gasteiger partial charge < -0.3 is 4.74 Å². The molecule has 0 aromatic heterocycles. The fourth-order valence-corrected chi connectivity index (χ4v) is 1.91. The van der Waals surface area contributed by atoms with E-state index in [1.54, 1.807) is 12.1 Å². The lowest BCUT2D eigenvalue weighted by Crippen LogP contribution is -2.02. The molecule has 5 heteroatoms. The van der Waals surface area contributed by atoms with Crippen molar-refractivity contribution in [1.82, 2.24) is 0 Å². The Morgan fingerprint density at radius 1 is 1.38 bits per heavy atom. The Kier molecular flexibility index (Phi) is 4.96. The van der Waals surface area contributed by atoms with Crippen molar-refractivity contribution in [2.75, 3.05) is 7.11 Å². The normalized spacial score (nSPS) is 9.94. The number of carbonyl (C=O) groups excluding carboxylic acids is 2. The molecule has 0 heterocycles. The minimum absolute atomic E-state index is 0.279. The molecule has 0 fully saturated rings. The van der Waals surface area contributed by atoms with Crippen molar-refractivity contribution in [1.29, 1.82) is 0 Å². The third-order valence-electron chi connectivity index (χ3n) is 2.03. The van der Waals surface area contributed by atoms with Crippen LogP contribution in [0, 0.1) is 0 Å². The summed E-state index contributed by atoms with van der Waals surface area (Å²) in [7, 11) is 1.34. The summed E-state index contributed by atoms with van der Waals surface area (Å²) in [6.45, 7) is 0. The largest absolute Gasteiger partial charge is 0.469 e. The van der Waals surface area contributed by atoms with Crippen LogP contribution in [0.1, 0.15) is 22.3 Å². The van der Waals surface area contributed by atoms with Gasteiger partial charge in [0.25, 0.3) is 5.24 Å². The summed E-state index contributed by atoms with van der Waals surface area (Å²) in [6.07, 6.45) is 0.798. The molecule has 0 spiro atoms. The number of ether oxygens (including phenoxy) is 1. The lowest BCUT2D eigenvalue weighted by atomic mass is 10.1. The fourth-order valence-electron chi connectivity index (χ4n) is 1.26. The number of halogens is 2. The number of methoxy groups -OCH3 is 1. The van der Waals surface area contributed by atoms with E-state index < -0.39 is 5.24 Å². The zero-order chi connectivity index (χ0) is 12.1. The molecule has 0 aliphatic heterocycles. The van der Waals surface area contributed by atoms with E-state index in [4.69, 9.17) is 11.6 Å². The summed E-state index contributed by atoms with van der Waals surface area (Å²) in [5.41, 5.74) is 1.28. The predicted octanol–water partition coefficient (Wildman–Crippen LogP) is 2.93. The summed E-state index contributed by atoms with van der Waals surface area (Å²) in [5.74, 6) is -0.279. The molecule has 1 rings (SSSR count). The number of carbonyl (C=O) groups is 2. The van der Waals surface area contributed by atoms with Crippen molar-refractivity contribution in [3.63, 3.8) is 0 Å². The second kappa shape index (κ2) is 6.01. The molecular formula is C11H10BrClO3. The maximum atomic E-state index is 11.0. The van der Waals surface area contributed by atoms with E-state index in [-0.39, 0.29) is 12.4 Å². The highest BCUT2D eigenvalue weighted by Crippen LogP contribution is 2.18. The molecule has 0 radical (unpaired) electrons. The third kappa shape index (κ3) is 3.94. The van der Waals surface area contributed by atoms with Gasteiger partial charge in [-0.2, -0.15) is 0 Å². The summed E-state index contributed by atoms with van der Waals surface area (Å²) in [4.78, 5) is 22.0. The average Bonchev–Trinajstić information content (AvgIpc) is 2.25. The molecule has 3 nitrogen and oxygen atoms in total. The maximum Gasteiger partial charge on any atom is 0.305 e. The Morgan fingerprint density at radius 2 is 2.06 bits per heavy atom. The average molecular weight is 306 g/mol. The van der Waals surface area contributed by atoms with Crippen LogP contribution in [0.15, 0.2) is 22.7 Å². The molecule has 0 saturated heterocycles. The monoisotopic (exact) mass is 304 g/mol. The summed E-state index contributed by atoms with van der Waals surface area (Å²) in [5, 5.41) is -0.513. The number of rotatable bonds is 4. The molecule has 1 aromatic carbocycles. The van der Waals surface area contributed by atoms with Gasteiger partial charge in [0.1, 0.15) is 0 Å². The first kappa shape index (κ1) is 13.2. The topological polar surface area (TPSA) is 43.4 Å². The molecular weight excluding hydrogens is 295 g/mol. The molecule has 86 valence electrons. The van der Waals surface area contributed by atoms with Crippen LogP contribution in [0.25, 0.3) is 0 Å². The molecule has 0 amide bonds. The highest BCUT2D eigenvalue weighted by Gasteiger charge is 2.07. The predicted molar refractivity (Wildman–Crippen MR) is 64.7 cm³/mol. The van der Waals surface area contributed by atoms with Crippen molar-refractivity contribution >= 4 is 38.7 Å². The molecule has 0 saturated carbocycles. The smallest absolute Gasteiger partial charge is 0.305 e. The molecule has 1 aromatic rings. The van der Waals surface area contributed by atoms with Crippen LogP contribution >= 0.6 is 27.5 Å². The lowest BCUT2D eigenvalue weighted by molar-refractivity contribution is -0.140. The van der Waals surface area contributed by atoms with Gasteiger partial charge >= 0.3 is 5.97 Å². The number of esters is 1.